The van der Waals surface area contributed by atoms with Crippen LogP contribution in [0.25, 0.3) is 0 Å². The number of nitrogens with zero attached hydrogens (tertiary/aromatic N) is 1. The van der Waals surface area contributed by atoms with E-state index in [9.17, 15) is 50.0 Å². The van der Waals surface area contributed by atoms with Gasteiger partial charge in [0.1, 0.15) is 29.8 Å². The van der Waals surface area contributed by atoms with Crippen LogP contribution in [0.15, 0.2) is 58.4 Å². The lowest BCUT2D eigenvalue weighted by atomic mass is 9.49. The van der Waals surface area contributed by atoms with Gasteiger partial charge < -0.3 is 88.3 Å². The number of methoxy groups -OCH3 is 1. The number of ketones is 1. The first-order valence-corrected chi connectivity index (χ1v) is 29.9. The number of rotatable bonds is 12. The monoisotopic (exact) mass is 1200 g/mol. The number of hydrogen-bond donors (Lipinski definition) is 6. The van der Waals surface area contributed by atoms with Crippen LogP contribution in [0.2, 0.25) is 0 Å². The van der Waals surface area contributed by atoms with E-state index in [1.165, 1.54) is 19.9 Å². The molecule has 26 atom stereocenters. The third-order valence-electron chi connectivity index (χ3n) is 19.9. The van der Waals surface area contributed by atoms with Crippen molar-refractivity contribution in [1.82, 2.24) is 10.5 Å². The lowest BCUT2D eigenvalue weighted by molar-refractivity contribution is -0.302. The van der Waals surface area contributed by atoms with Gasteiger partial charge in [-0.2, -0.15) is 0 Å². The zero-order chi connectivity index (χ0) is 61.9. The standard InChI is InChI=1S/C61H87N2O22/c1-27-13-16-43(82-48-24-59(10,63(73)74)54(34(8)79-48)62-58(72)75-12)28(2)18-40-41(66)19-36(25-64)23-61(40)56(70)49(57(71)85-61)55(69)60(11)39(27)15-14-38-50(60)29(3)17-30(4)52(38)84-47-22-45(53(33(7)78-47)80-35(9)65)81-37-20-44(31(5)76-26-37)83-46-21-42(67)51(68)32(6)77-46/h13-15,18-19,25,29-34,37-48,50-54,66-69,73H,16-17,20-24,26H2,1-12H3,(H,62,72)/q-1/b27-13-,28-18?,55-49?/t29-,30-,31?,32?,33-,34+,37?,38-,39-,40+,41-,42?,43-,44?,45+,46?,47-,48-,50+,51?,52?,53-,54-,59-,60+,61?/m0/s1. The Morgan fingerprint density at radius 3 is 2.19 bits per heavy atom. The number of aliphatic hydroxyl groups is 4. The summed E-state index contributed by atoms with van der Waals surface area (Å²) in [5.74, 6) is -6.37. The summed E-state index contributed by atoms with van der Waals surface area (Å²) in [5, 5.41) is 71.7. The number of aldehydes is 1. The Labute approximate surface area is 495 Å². The third kappa shape index (κ3) is 12.5. The van der Waals surface area contributed by atoms with Crippen LogP contribution >= 0.6 is 0 Å². The quantitative estimate of drug-likeness (QED) is 0.0373. The fourth-order valence-corrected chi connectivity index (χ4v) is 15.5. The minimum absolute atomic E-state index is 0.00487. The van der Waals surface area contributed by atoms with E-state index in [0.29, 0.717) is 24.7 Å². The van der Waals surface area contributed by atoms with E-state index in [0.717, 1.165) is 12.7 Å². The molecule has 0 radical (unpaired) electrons. The van der Waals surface area contributed by atoms with Crippen LogP contribution in [0.3, 0.4) is 0 Å². The molecule has 9 rings (SSSR count). The third-order valence-corrected chi connectivity index (χ3v) is 19.9. The highest BCUT2D eigenvalue weighted by Crippen LogP contribution is 2.61. The maximum Gasteiger partial charge on any atom is 0.407 e. The average molecular weight is 1200 g/mol. The second kappa shape index (κ2) is 25.5. The number of nitrogens with one attached hydrogen (secondary N) is 1. The van der Waals surface area contributed by atoms with Gasteiger partial charge in [0.05, 0.1) is 92.3 Å². The number of allylic oxidation sites excluding steroid dienone is 3. The Hall–Kier alpha value is -4.51. The van der Waals surface area contributed by atoms with E-state index in [1.807, 2.05) is 32.9 Å². The Morgan fingerprint density at radius 2 is 1.52 bits per heavy atom. The van der Waals surface area contributed by atoms with Crippen molar-refractivity contribution in [2.75, 3.05) is 13.7 Å². The average Bonchev–Trinajstić information content (AvgIpc) is 2.03. The Kier molecular flexibility index (Phi) is 19.5. The highest BCUT2D eigenvalue weighted by Gasteiger charge is 2.65. The second-order valence-corrected chi connectivity index (χ2v) is 25.8. The largest absolute Gasteiger partial charge is 0.762 e. The van der Waals surface area contributed by atoms with Crippen molar-refractivity contribution in [3.05, 3.63) is 63.6 Å². The predicted molar refractivity (Wildman–Crippen MR) is 297 cm³/mol. The Bertz CT molecular complexity index is 2660. The summed E-state index contributed by atoms with van der Waals surface area (Å²) in [6, 6.07) is -1.06. The number of aliphatic hydroxyl groups excluding tert-OH is 4. The van der Waals surface area contributed by atoms with Crippen LogP contribution in [0.5, 0.6) is 0 Å². The maximum absolute atomic E-state index is 15.5. The van der Waals surface area contributed by atoms with Gasteiger partial charge in [0, 0.05) is 56.3 Å². The molecule has 0 aromatic heterocycles. The van der Waals surface area contributed by atoms with Crippen molar-refractivity contribution in [3.8, 4) is 0 Å². The van der Waals surface area contributed by atoms with Crippen LogP contribution in [-0.2, 0) is 71.3 Å². The number of ether oxygens (including phenoxy) is 11. The van der Waals surface area contributed by atoms with Crippen molar-refractivity contribution >= 4 is 30.1 Å². The maximum atomic E-state index is 15.5. The van der Waals surface area contributed by atoms with Crippen LogP contribution < -0.4 is 5.32 Å². The van der Waals surface area contributed by atoms with Crippen LogP contribution in [0, 0.1) is 46.1 Å². The summed E-state index contributed by atoms with van der Waals surface area (Å²) in [6.07, 6.45) is -4.31. The Balaban J connectivity index is 1.05. The zero-order valence-corrected chi connectivity index (χ0v) is 50.5. The summed E-state index contributed by atoms with van der Waals surface area (Å²) in [7, 11) is 1.16. The normalized spacial score (nSPS) is 46.5. The topological polar surface area (TPSA) is 326 Å². The van der Waals surface area contributed by atoms with Crippen molar-refractivity contribution in [1.29, 1.82) is 0 Å². The van der Waals surface area contributed by atoms with Crippen molar-refractivity contribution in [3.63, 3.8) is 0 Å². The van der Waals surface area contributed by atoms with Gasteiger partial charge in [0.2, 0.25) is 5.78 Å². The number of esters is 2. The van der Waals surface area contributed by atoms with E-state index in [-0.39, 0.29) is 61.0 Å². The smallest absolute Gasteiger partial charge is 0.407 e. The van der Waals surface area contributed by atoms with E-state index < -0.39 is 180 Å². The molecule has 2 bridgehead atoms. The van der Waals surface area contributed by atoms with Crippen LogP contribution in [-0.4, -0.2) is 190 Å². The number of alkyl carbamates (subject to hydrolysis) is 1. The first-order chi connectivity index (χ1) is 40.0. The molecule has 9 aliphatic rings. The fraction of sp³-hybridized carbons (Fsp3) is 0.754. The molecule has 474 valence electrons. The van der Waals surface area contributed by atoms with Crippen molar-refractivity contribution in [2.45, 2.75) is 237 Å². The molecular formula is C61H87N2O22-. The molecule has 5 saturated heterocycles. The molecule has 1 amide bonds. The molecule has 9 unspecified atom stereocenters. The number of hydroxylamine groups is 2. The predicted octanol–water partition coefficient (Wildman–Crippen LogP) is 5.01. The molecule has 1 saturated carbocycles. The molecule has 0 aromatic rings. The summed E-state index contributed by atoms with van der Waals surface area (Å²) < 4.78 is 68.7. The van der Waals surface area contributed by atoms with Gasteiger partial charge in [-0.1, -0.05) is 50.6 Å². The zero-order valence-electron chi connectivity index (χ0n) is 50.5. The molecule has 85 heavy (non-hydrogen) atoms. The second-order valence-electron chi connectivity index (χ2n) is 25.8. The molecular weight excluding hydrogens is 1110 g/mol. The van der Waals surface area contributed by atoms with Crippen molar-refractivity contribution < 1.29 is 102 Å². The first-order valence-electron chi connectivity index (χ1n) is 29.9. The van der Waals surface area contributed by atoms with E-state index in [1.54, 1.807) is 33.8 Å². The molecule has 6 fully saturated rings. The van der Waals surface area contributed by atoms with Gasteiger partial charge in [-0.3, -0.25) is 19.6 Å². The molecule has 0 aromatic carbocycles. The summed E-state index contributed by atoms with van der Waals surface area (Å²) in [6.45, 7) is 19.4. The minimum Gasteiger partial charge on any atom is -0.762 e. The lowest BCUT2D eigenvalue weighted by Gasteiger charge is -2.56. The van der Waals surface area contributed by atoms with Gasteiger partial charge in [0.15, 0.2) is 30.6 Å². The number of hydrogen-bond acceptors (Lipinski definition) is 23. The number of amides is 1. The molecule has 24 nitrogen and oxygen atoms in total. The summed E-state index contributed by atoms with van der Waals surface area (Å²) in [5.41, 5.74) is -4.73. The number of carbonyl (C=O) groups excluding carboxylic acids is 5. The van der Waals surface area contributed by atoms with Gasteiger partial charge in [0.25, 0.3) is 0 Å². The molecule has 5 heterocycles. The first kappa shape index (κ1) is 64.9. The Morgan fingerprint density at radius 1 is 0.824 bits per heavy atom. The van der Waals surface area contributed by atoms with Crippen LogP contribution in [0.1, 0.15) is 121 Å². The van der Waals surface area contributed by atoms with Gasteiger partial charge >= 0.3 is 18.0 Å². The SMILES string of the molecule is COC(=O)N[C@H]1[C@@H](C)O[C@@H](O[C@H]2C/C=C(/C)[C@@H]3C=C[C@@H]4C(O[C@H]5C[C@@H](OC6COC(C)C(OC7CC(O)C(O)C(C)O7)C6)[C@@H](OC(C)=O)[C@H](C)O5)[C@@H](C)C[C@H](C)[C@H]4[C@]3(C)C(O)=C3C(=O)OC4(CC(C=O)=C[C@H](O)[C@H]4C=C2C)C3=O)C[C@]1(C)N([O-])O. The highest BCUT2D eigenvalue weighted by atomic mass is 16.8. The molecule has 5 aliphatic heterocycles. The van der Waals surface area contributed by atoms with Crippen molar-refractivity contribution in [2.24, 2.45) is 40.9 Å². The molecule has 4 aliphatic carbocycles. The van der Waals surface area contributed by atoms with E-state index >= 15 is 4.79 Å². The highest BCUT2D eigenvalue weighted by molar-refractivity contribution is 6.26. The summed E-state index contributed by atoms with van der Waals surface area (Å²) in [4.78, 5) is 67.8. The van der Waals surface area contributed by atoms with Crippen LogP contribution in [0.4, 0.5) is 4.79 Å². The number of fused-ring (bicyclic) bond motifs is 4. The van der Waals surface area contributed by atoms with E-state index in [4.69, 9.17) is 52.1 Å². The fourth-order valence-electron chi connectivity index (χ4n) is 15.5. The number of carbonyl (C=O) groups is 5. The van der Waals surface area contributed by atoms with Gasteiger partial charge in [-0.15, -0.1) is 0 Å². The lowest BCUT2D eigenvalue weighted by Crippen LogP contribution is -2.67. The minimum atomic E-state index is -2.19. The molecule has 24 heteroatoms. The number of Topliss-reactive ketones (excluding diaryl/α,β-unsaturated/α-hetero) is 1. The van der Waals surface area contributed by atoms with Gasteiger partial charge in [-0.05, 0) is 96.3 Å². The van der Waals surface area contributed by atoms with Gasteiger partial charge in [-0.25, -0.2) is 9.59 Å². The van der Waals surface area contributed by atoms with E-state index in [2.05, 4.69) is 25.2 Å². The summed E-state index contributed by atoms with van der Waals surface area (Å²) >= 11 is 0. The molecule has 1 spiro atoms. The molecule has 6 N–H and O–H groups in total.